The summed E-state index contributed by atoms with van der Waals surface area (Å²) in [6.07, 6.45) is 5.13. The fourth-order valence-electron chi connectivity index (χ4n) is 2.53. The quantitative estimate of drug-likeness (QED) is 0.785. The van der Waals surface area contributed by atoms with Crippen LogP contribution in [-0.2, 0) is 0 Å². The maximum atomic E-state index is 6.08. The molecule has 0 atom stereocenters. The number of likely N-dealkylation sites (tertiary alicyclic amines) is 1. The Morgan fingerprint density at radius 1 is 1.16 bits per heavy atom. The van der Waals surface area contributed by atoms with Crippen molar-refractivity contribution in [2.24, 2.45) is 0 Å². The highest BCUT2D eigenvalue weighted by Gasteiger charge is 2.20. The van der Waals surface area contributed by atoms with Gasteiger partial charge in [-0.3, -0.25) is 0 Å². The molecule has 0 N–H and O–H groups in total. The molecule has 0 unspecified atom stereocenters. The molecule has 0 radical (unpaired) electrons. The van der Waals surface area contributed by atoms with Gasteiger partial charge in [0.2, 0.25) is 0 Å². The highest BCUT2D eigenvalue weighted by Crippen LogP contribution is 2.28. The van der Waals surface area contributed by atoms with Crippen LogP contribution in [0.25, 0.3) is 0 Å². The Hall–Kier alpha value is -1.22. The summed E-state index contributed by atoms with van der Waals surface area (Å²) in [7, 11) is 1.69. The minimum Gasteiger partial charge on any atom is -0.493 e. The number of nitrogens with zero attached hydrogens (tertiary/aromatic N) is 1. The molecular weight excluding hydrogens is 238 g/mol. The number of rotatable bonds is 6. The minimum atomic E-state index is 0.328. The molecule has 0 aliphatic carbocycles. The molecule has 19 heavy (non-hydrogen) atoms. The van der Waals surface area contributed by atoms with Gasteiger partial charge in [0, 0.05) is 13.1 Å². The zero-order valence-electron chi connectivity index (χ0n) is 12.1. The number of methoxy groups -OCH3 is 1. The van der Waals surface area contributed by atoms with Crippen molar-refractivity contribution in [2.75, 3.05) is 26.7 Å². The summed E-state index contributed by atoms with van der Waals surface area (Å²) in [5, 5.41) is 0. The smallest absolute Gasteiger partial charge is 0.161 e. The van der Waals surface area contributed by atoms with Gasteiger partial charge in [0.05, 0.1) is 7.11 Å². The second-order valence-electron chi connectivity index (χ2n) is 5.16. The van der Waals surface area contributed by atoms with E-state index in [9.17, 15) is 0 Å². The number of hydrogen-bond acceptors (Lipinski definition) is 3. The van der Waals surface area contributed by atoms with Crippen LogP contribution in [0.3, 0.4) is 0 Å². The van der Waals surface area contributed by atoms with E-state index in [1.807, 2.05) is 24.3 Å². The molecule has 0 saturated carbocycles. The first-order valence-electron chi connectivity index (χ1n) is 7.35. The lowest BCUT2D eigenvalue weighted by Gasteiger charge is -2.32. The van der Waals surface area contributed by atoms with E-state index in [4.69, 9.17) is 9.47 Å². The predicted octanol–water partition coefficient (Wildman–Crippen LogP) is 3.34. The highest BCUT2D eigenvalue weighted by atomic mass is 16.5. The van der Waals surface area contributed by atoms with Crippen LogP contribution in [0.2, 0.25) is 0 Å². The van der Waals surface area contributed by atoms with Crippen molar-refractivity contribution in [1.29, 1.82) is 0 Å². The zero-order valence-corrected chi connectivity index (χ0v) is 12.1. The molecule has 1 aromatic carbocycles. The van der Waals surface area contributed by atoms with Gasteiger partial charge in [-0.1, -0.05) is 25.5 Å². The molecule has 3 nitrogen and oxygen atoms in total. The van der Waals surface area contributed by atoms with Gasteiger partial charge in [-0.2, -0.15) is 0 Å². The number of unbranched alkanes of at least 4 members (excludes halogenated alkanes) is 1. The Bertz CT molecular complexity index is 373. The number of benzene rings is 1. The molecule has 0 spiro atoms. The summed E-state index contributed by atoms with van der Waals surface area (Å²) >= 11 is 0. The monoisotopic (exact) mass is 263 g/mol. The molecule has 1 heterocycles. The van der Waals surface area contributed by atoms with Crippen LogP contribution in [0.4, 0.5) is 0 Å². The van der Waals surface area contributed by atoms with Gasteiger partial charge in [0.1, 0.15) is 6.10 Å². The molecule has 3 heteroatoms. The topological polar surface area (TPSA) is 21.7 Å². The van der Waals surface area contributed by atoms with E-state index in [0.717, 1.165) is 37.4 Å². The van der Waals surface area contributed by atoms with Crippen molar-refractivity contribution in [3.8, 4) is 11.5 Å². The second-order valence-corrected chi connectivity index (χ2v) is 5.16. The molecule has 1 aromatic rings. The zero-order chi connectivity index (χ0) is 13.5. The Morgan fingerprint density at radius 2 is 1.84 bits per heavy atom. The number of ether oxygens (including phenoxy) is 2. The lowest BCUT2D eigenvalue weighted by molar-refractivity contribution is 0.0973. The second kappa shape index (κ2) is 7.39. The van der Waals surface area contributed by atoms with Gasteiger partial charge in [0.25, 0.3) is 0 Å². The molecule has 0 bridgehead atoms. The van der Waals surface area contributed by atoms with E-state index in [1.165, 1.54) is 19.4 Å². The molecular formula is C16H25NO2. The minimum absolute atomic E-state index is 0.328. The third-order valence-electron chi connectivity index (χ3n) is 3.73. The number of hydrogen-bond donors (Lipinski definition) is 0. The molecule has 0 amide bonds. The van der Waals surface area contributed by atoms with Crippen LogP contribution >= 0.6 is 0 Å². The van der Waals surface area contributed by atoms with Crippen molar-refractivity contribution < 1.29 is 9.47 Å². The number of para-hydroxylation sites is 2. The van der Waals surface area contributed by atoms with E-state index >= 15 is 0 Å². The van der Waals surface area contributed by atoms with Crippen molar-refractivity contribution in [1.82, 2.24) is 4.90 Å². The Morgan fingerprint density at radius 3 is 2.47 bits per heavy atom. The fraction of sp³-hybridized carbons (Fsp3) is 0.625. The summed E-state index contributed by atoms with van der Waals surface area (Å²) < 4.78 is 11.4. The lowest BCUT2D eigenvalue weighted by Crippen LogP contribution is -2.38. The largest absolute Gasteiger partial charge is 0.493 e. The van der Waals surface area contributed by atoms with E-state index in [1.54, 1.807) is 7.11 Å². The van der Waals surface area contributed by atoms with E-state index < -0.39 is 0 Å². The van der Waals surface area contributed by atoms with E-state index in [-0.39, 0.29) is 0 Å². The third-order valence-corrected chi connectivity index (χ3v) is 3.73. The Balaban J connectivity index is 1.82. The van der Waals surface area contributed by atoms with Gasteiger partial charge >= 0.3 is 0 Å². The van der Waals surface area contributed by atoms with Crippen LogP contribution in [0.15, 0.2) is 24.3 Å². The number of piperidine rings is 1. The summed E-state index contributed by atoms with van der Waals surface area (Å²) in [6.45, 7) is 5.79. The Kier molecular flexibility index (Phi) is 5.52. The van der Waals surface area contributed by atoms with Gasteiger partial charge in [-0.25, -0.2) is 0 Å². The van der Waals surface area contributed by atoms with Gasteiger partial charge in [0.15, 0.2) is 11.5 Å². The standard InChI is InChI=1S/C16H25NO2/c1-3-4-11-17-12-9-14(10-13-17)19-16-8-6-5-7-15(16)18-2/h5-8,14H,3-4,9-13H2,1-2H3. The van der Waals surface area contributed by atoms with Crippen molar-refractivity contribution in [3.63, 3.8) is 0 Å². The molecule has 1 saturated heterocycles. The van der Waals surface area contributed by atoms with E-state index in [2.05, 4.69) is 11.8 Å². The summed E-state index contributed by atoms with van der Waals surface area (Å²) in [6, 6.07) is 7.90. The van der Waals surface area contributed by atoms with Crippen LogP contribution in [0, 0.1) is 0 Å². The average Bonchev–Trinajstić information content (AvgIpc) is 2.47. The first-order valence-corrected chi connectivity index (χ1v) is 7.35. The molecule has 2 rings (SSSR count). The Labute approximate surface area is 116 Å². The third kappa shape index (κ3) is 4.13. The van der Waals surface area contributed by atoms with Gasteiger partial charge in [-0.15, -0.1) is 0 Å². The molecule has 106 valence electrons. The van der Waals surface area contributed by atoms with Crippen molar-refractivity contribution in [2.45, 2.75) is 38.7 Å². The van der Waals surface area contributed by atoms with Crippen LogP contribution in [0.5, 0.6) is 11.5 Å². The summed E-state index contributed by atoms with van der Waals surface area (Å²) in [4.78, 5) is 2.55. The van der Waals surface area contributed by atoms with Crippen molar-refractivity contribution >= 4 is 0 Å². The van der Waals surface area contributed by atoms with Crippen LogP contribution < -0.4 is 9.47 Å². The van der Waals surface area contributed by atoms with Gasteiger partial charge in [-0.05, 0) is 37.9 Å². The van der Waals surface area contributed by atoms with E-state index in [0.29, 0.717) is 6.10 Å². The maximum absolute atomic E-state index is 6.08. The van der Waals surface area contributed by atoms with Gasteiger partial charge < -0.3 is 14.4 Å². The summed E-state index contributed by atoms with van der Waals surface area (Å²) in [5.74, 6) is 1.70. The average molecular weight is 263 g/mol. The fourth-order valence-corrected chi connectivity index (χ4v) is 2.53. The summed E-state index contributed by atoms with van der Waals surface area (Å²) in [5.41, 5.74) is 0. The molecule has 1 aliphatic rings. The van der Waals surface area contributed by atoms with Crippen molar-refractivity contribution in [3.05, 3.63) is 24.3 Å². The van der Waals surface area contributed by atoms with Crippen LogP contribution in [0.1, 0.15) is 32.6 Å². The molecule has 1 aliphatic heterocycles. The lowest BCUT2D eigenvalue weighted by atomic mass is 10.1. The van der Waals surface area contributed by atoms with Crippen LogP contribution in [-0.4, -0.2) is 37.7 Å². The maximum Gasteiger partial charge on any atom is 0.161 e. The molecule has 0 aromatic heterocycles. The molecule has 1 fully saturated rings. The highest BCUT2D eigenvalue weighted by molar-refractivity contribution is 5.39. The normalized spacial score (nSPS) is 17.4. The first-order chi connectivity index (χ1) is 9.33. The SMILES string of the molecule is CCCCN1CCC(Oc2ccccc2OC)CC1. The first kappa shape index (κ1) is 14.2. The predicted molar refractivity (Wildman–Crippen MR) is 78.0 cm³/mol.